The van der Waals surface area contributed by atoms with Gasteiger partial charge in [-0.1, -0.05) is 22.4 Å². The molecule has 106 valence electrons. The Labute approximate surface area is 140 Å². The van der Waals surface area contributed by atoms with Gasteiger partial charge in [-0.3, -0.25) is 0 Å². The molecule has 2 nitrogen and oxygen atoms in total. The molecule has 0 bridgehead atoms. The van der Waals surface area contributed by atoms with Gasteiger partial charge in [-0.25, -0.2) is 0 Å². The van der Waals surface area contributed by atoms with Gasteiger partial charge in [0.05, 0.1) is 5.69 Å². The van der Waals surface area contributed by atoms with Gasteiger partial charge in [0.25, 0.3) is 0 Å². The summed E-state index contributed by atoms with van der Waals surface area (Å²) in [6.07, 6.45) is 5.26. The molecule has 1 aliphatic heterocycles. The number of piperidine rings is 1. The van der Waals surface area contributed by atoms with Crippen molar-refractivity contribution in [2.45, 2.75) is 31.7 Å². The first-order valence-corrected chi connectivity index (χ1v) is 9.04. The Morgan fingerprint density at radius 3 is 2.53 bits per heavy atom. The van der Waals surface area contributed by atoms with Crippen LogP contribution in [0.5, 0.6) is 0 Å². The summed E-state index contributed by atoms with van der Waals surface area (Å²) in [5.41, 5.74) is 1.14. The normalized spacial score (nSPS) is 20.5. The monoisotopic (exact) mass is 452 g/mol. The fraction of sp³-hybridized carbons (Fsp3) is 0.571. The molecule has 0 aromatic heterocycles. The first-order valence-electron chi connectivity index (χ1n) is 6.66. The Bertz CT molecular complexity index is 414. The molecule has 19 heavy (non-hydrogen) atoms. The number of nitrogens with zero attached hydrogens (tertiary/aromatic N) is 1. The third kappa shape index (κ3) is 4.45. The minimum atomic E-state index is 0.731. The largest absolute Gasteiger partial charge is 0.383 e. The lowest BCUT2D eigenvalue weighted by molar-refractivity contribution is 0.179. The maximum absolute atomic E-state index is 3.60. The molecule has 1 fully saturated rings. The molecule has 1 unspecified atom stereocenters. The molecule has 2 rings (SSSR count). The molecule has 1 saturated heterocycles. The second-order valence-corrected chi connectivity index (χ2v) is 7.71. The van der Waals surface area contributed by atoms with Crippen LogP contribution in [0.15, 0.2) is 25.6 Å². The van der Waals surface area contributed by atoms with E-state index >= 15 is 0 Å². The van der Waals surface area contributed by atoms with Gasteiger partial charge in [0.2, 0.25) is 0 Å². The number of anilines is 1. The lowest BCUT2D eigenvalue weighted by Crippen LogP contribution is -2.37. The molecular formula is C14H19Br3N2. The van der Waals surface area contributed by atoms with E-state index in [-0.39, 0.29) is 0 Å². The first-order chi connectivity index (χ1) is 9.08. The molecule has 1 aliphatic rings. The zero-order valence-electron chi connectivity index (χ0n) is 11.1. The number of hydrogen-bond donors (Lipinski definition) is 1. The van der Waals surface area contributed by atoms with Crippen LogP contribution in [-0.4, -0.2) is 31.1 Å². The maximum Gasteiger partial charge on any atom is 0.0629 e. The number of halogens is 3. The summed E-state index contributed by atoms with van der Waals surface area (Å²) in [7, 11) is 2.25. The van der Waals surface area contributed by atoms with E-state index < -0.39 is 0 Å². The molecular weight excluding hydrogens is 436 g/mol. The van der Waals surface area contributed by atoms with Crippen LogP contribution in [0, 0.1) is 0 Å². The standard InChI is InChI=1S/C14H19Br3N2/c1-19-7-3-2-4-11(19)5-6-18-14-12(16)8-10(15)9-13(14)17/h8-9,11,18H,2-7H2,1H3. The van der Waals surface area contributed by atoms with Crippen molar-refractivity contribution >= 4 is 53.5 Å². The third-order valence-electron chi connectivity index (χ3n) is 3.71. The zero-order valence-corrected chi connectivity index (χ0v) is 15.8. The second-order valence-electron chi connectivity index (χ2n) is 5.09. The molecule has 0 saturated carbocycles. The van der Waals surface area contributed by atoms with E-state index in [2.05, 4.69) is 77.2 Å². The van der Waals surface area contributed by atoms with Gasteiger partial charge in [-0.05, 0) is 76.8 Å². The fourth-order valence-corrected chi connectivity index (χ4v) is 5.12. The molecule has 1 N–H and O–H groups in total. The van der Waals surface area contributed by atoms with E-state index in [0.29, 0.717) is 0 Å². The summed E-state index contributed by atoms with van der Waals surface area (Å²) in [6.45, 7) is 2.25. The van der Waals surface area contributed by atoms with Crippen LogP contribution in [0.3, 0.4) is 0 Å². The SMILES string of the molecule is CN1CCCCC1CCNc1c(Br)cc(Br)cc1Br. The van der Waals surface area contributed by atoms with Gasteiger partial charge < -0.3 is 10.2 Å². The molecule has 1 heterocycles. The van der Waals surface area contributed by atoms with E-state index in [1.807, 2.05) is 0 Å². The van der Waals surface area contributed by atoms with Gasteiger partial charge >= 0.3 is 0 Å². The summed E-state index contributed by atoms with van der Waals surface area (Å²) in [6, 6.07) is 4.87. The molecule has 0 radical (unpaired) electrons. The number of likely N-dealkylation sites (tertiary alicyclic amines) is 1. The highest BCUT2D eigenvalue weighted by Crippen LogP contribution is 2.34. The van der Waals surface area contributed by atoms with Gasteiger partial charge in [0, 0.05) is 26.0 Å². The van der Waals surface area contributed by atoms with E-state index in [0.717, 1.165) is 31.7 Å². The molecule has 1 aromatic carbocycles. The topological polar surface area (TPSA) is 15.3 Å². The number of rotatable bonds is 4. The van der Waals surface area contributed by atoms with Gasteiger partial charge in [-0.2, -0.15) is 0 Å². The molecule has 1 atom stereocenters. The Morgan fingerprint density at radius 1 is 1.21 bits per heavy atom. The molecule has 1 aromatic rings. The maximum atomic E-state index is 3.60. The summed E-state index contributed by atoms with van der Waals surface area (Å²) in [5, 5.41) is 3.54. The van der Waals surface area contributed by atoms with Crippen molar-refractivity contribution in [1.29, 1.82) is 0 Å². The van der Waals surface area contributed by atoms with E-state index in [1.54, 1.807) is 0 Å². The van der Waals surface area contributed by atoms with Crippen LogP contribution in [0.4, 0.5) is 5.69 Å². The van der Waals surface area contributed by atoms with Crippen molar-refractivity contribution in [3.8, 4) is 0 Å². The minimum absolute atomic E-state index is 0.731. The van der Waals surface area contributed by atoms with Crippen molar-refractivity contribution in [3.63, 3.8) is 0 Å². The molecule has 0 aliphatic carbocycles. The Hall–Kier alpha value is 0.420. The van der Waals surface area contributed by atoms with Crippen LogP contribution in [-0.2, 0) is 0 Å². The number of nitrogens with one attached hydrogen (secondary N) is 1. The van der Waals surface area contributed by atoms with Crippen molar-refractivity contribution < 1.29 is 0 Å². The van der Waals surface area contributed by atoms with Crippen LogP contribution in [0.2, 0.25) is 0 Å². The highest BCUT2D eigenvalue weighted by molar-refractivity contribution is 9.11. The van der Waals surface area contributed by atoms with E-state index in [9.17, 15) is 0 Å². The molecule has 5 heteroatoms. The van der Waals surface area contributed by atoms with Gasteiger partial charge in [-0.15, -0.1) is 0 Å². The molecule has 0 spiro atoms. The van der Waals surface area contributed by atoms with Crippen molar-refractivity contribution in [3.05, 3.63) is 25.6 Å². The highest BCUT2D eigenvalue weighted by Gasteiger charge is 2.18. The minimum Gasteiger partial charge on any atom is -0.383 e. The van der Waals surface area contributed by atoms with Crippen molar-refractivity contribution in [2.75, 3.05) is 25.5 Å². The average Bonchev–Trinajstić information content (AvgIpc) is 2.34. The second kappa shape index (κ2) is 7.43. The number of benzene rings is 1. The fourth-order valence-electron chi connectivity index (χ4n) is 2.58. The van der Waals surface area contributed by atoms with E-state index in [4.69, 9.17) is 0 Å². The Morgan fingerprint density at radius 2 is 1.89 bits per heavy atom. The predicted octanol–water partition coefficient (Wildman–Crippen LogP) is 5.26. The Kier molecular flexibility index (Phi) is 6.18. The van der Waals surface area contributed by atoms with Crippen LogP contribution in [0.1, 0.15) is 25.7 Å². The van der Waals surface area contributed by atoms with Gasteiger partial charge in [0.15, 0.2) is 0 Å². The lowest BCUT2D eigenvalue weighted by Gasteiger charge is -2.32. The highest BCUT2D eigenvalue weighted by atomic mass is 79.9. The first kappa shape index (κ1) is 15.8. The van der Waals surface area contributed by atoms with Crippen molar-refractivity contribution in [1.82, 2.24) is 4.90 Å². The average molecular weight is 455 g/mol. The summed E-state index contributed by atoms with van der Waals surface area (Å²) >= 11 is 10.7. The zero-order chi connectivity index (χ0) is 13.8. The van der Waals surface area contributed by atoms with Crippen LogP contribution < -0.4 is 5.32 Å². The summed E-state index contributed by atoms with van der Waals surface area (Å²) < 4.78 is 3.25. The summed E-state index contributed by atoms with van der Waals surface area (Å²) in [5.74, 6) is 0. The van der Waals surface area contributed by atoms with E-state index in [1.165, 1.54) is 32.2 Å². The lowest BCUT2D eigenvalue weighted by atomic mass is 10.0. The molecule has 0 amide bonds. The van der Waals surface area contributed by atoms with Gasteiger partial charge in [0.1, 0.15) is 0 Å². The quantitative estimate of drug-likeness (QED) is 0.667. The predicted molar refractivity (Wildman–Crippen MR) is 92.9 cm³/mol. The summed E-state index contributed by atoms with van der Waals surface area (Å²) in [4.78, 5) is 2.50. The van der Waals surface area contributed by atoms with Crippen molar-refractivity contribution in [2.24, 2.45) is 0 Å². The third-order valence-corrected chi connectivity index (χ3v) is 5.42. The van der Waals surface area contributed by atoms with Crippen LogP contribution >= 0.6 is 47.8 Å². The van der Waals surface area contributed by atoms with Crippen LogP contribution in [0.25, 0.3) is 0 Å². The smallest absolute Gasteiger partial charge is 0.0629 e. The Balaban J connectivity index is 1.89. The number of hydrogen-bond acceptors (Lipinski definition) is 2.